The molecule has 0 bridgehead atoms. The second kappa shape index (κ2) is 9.76. The Balaban J connectivity index is 1.13. The van der Waals surface area contributed by atoms with Gasteiger partial charge < -0.3 is 13.9 Å². The zero-order valence-corrected chi connectivity index (χ0v) is 25.0. The van der Waals surface area contributed by atoms with Crippen LogP contribution in [-0.2, 0) is 0 Å². The van der Waals surface area contributed by atoms with Crippen molar-refractivity contribution in [3.8, 4) is 17.5 Å². The van der Waals surface area contributed by atoms with Crippen LogP contribution in [0.2, 0.25) is 0 Å². The van der Waals surface area contributed by atoms with Crippen molar-refractivity contribution in [1.82, 2.24) is 4.57 Å². The van der Waals surface area contributed by atoms with E-state index in [1.807, 2.05) is 12.1 Å². The lowest BCUT2D eigenvalue weighted by Crippen LogP contribution is -2.31. The molecule has 2 unspecified atom stereocenters. The highest BCUT2D eigenvalue weighted by Gasteiger charge is 2.39. The van der Waals surface area contributed by atoms with E-state index in [9.17, 15) is 0 Å². The summed E-state index contributed by atoms with van der Waals surface area (Å²) in [6, 6.07) is 45.5. The molecule has 7 aromatic rings. The van der Waals surface area contributed by atoms with Crippen molar-refractivity contribution in [1.29, 1.82) is 0 Å². The van der Waals surface area contributed by atoms with Crippen LogP contribution in [0.25, 0.3) is 50.2 Å². The Morgan fingerprint density at radius 3 is 2.24 bits per heavy atom. The van der Waals surface area contributed by atoms with Crippen molar-refractivity contribution in [3.63, 3.8) is 0 Å². The molecule has 0 saturated carbocycles. The van der Waals surface area contributed by atoms with Crippen molar-refractivity contribution in [2.45, 2.75) is 12.3 Å². The fourth-order valence-electron chi connectivity index (χ4n) is 7.82. The van der Waals surface area contributed by atoms with Gasteiger partial charge in [0.05, 0.1) is 27.9 Å². The number of allylic oxidation sites excluding steroid dienone is 2. The number of rotatable bonds is 3. The number of para-hydroxylation sites is 4. The van der Waals surface area contributed by atoms with Gasteiger partial charge in [-0.15, -0.1) is 0 Å². The molecule has 3 nitrogen and oxygen atoms in total. The molecule has 10 rings (SSSR count). The predicted molar refractivity (Wildman–Crippen MR) is 188 cm³/mol. The minimum atomic E-state index is -0.0233. The van der Waals surface area contributed by atoms with Crippen LogP contribution in [0.1, 0.15) is 17.9 Å². The van der Waals surface area contributed by atoms with E-state index < -0.39 is 0 Å². The van der Waals surface area contributed by atoms with Gasteiger partial charge in [0.15, 0.2) is 0 Å². The number of hydrogen-bond donors (Lipinski definition) is 0. The quantitative estimate of drug-likeness (QED) is 0.193. The predicted octanol–water partition coefficient (Wildman–Crippen LogP) is 8.57. The van der Waals surface area contributed by atoms with E-state index in [4.69, 9.17) is 4.42 Å². The molecule has 3 heteroatoms. The molecule has 46 heavy (non-hydrogen) atoms. The number of furan rings is 1. The fraction of sp³-hybridized carbons (Fsp3) is 0.0698. The summed E-state index contributed by atoms with van der Waals surface area (Å²) >= 11 is 0. The highest BCUT2D eigenvalue weighted by atomic mass is 16.3. The Kier molecular flexibility index (Phi) is 5.38. The van der Waals surface area contributed by atoms with Crippen LogP contribution in [0.5, 0.6) is 0 Å². The van der Waals surface area contributed by atoms with Gasteiger partial charge in [0.25, 0.3) is 0 Å². The van der Waals surface area contributed by atoms with E-state index in [-0.39, 0.29) is 11.8 Å². The van der Waals surface area contributed by atoms with Crippen LogP contribution in [0.3, 0.4) is 0 Å². The molecular formula is C43H28N2O. The Morgan fingerprint density at radius 1 is 0.674 bits per heavy atom. The van der Waals surface area contributed by atoms with Crippen LogP contribution in [0.15, 0.2) is 155 Å². The lowest BCUT2D eigenvalue weighted by molar-refractivity contribution is 0.575. The van der Waals surface area contributed by atoms with Crippen LogP contribution >= 0.6 is 0 Å². The van der Waals surface area contributed by atoms with Crippen molar-refractivity contribution in [3.05, 3.63) is 167 Å². The summed E-state index contributed by atoms with van der Waals surface area (Å²) in [7, 11) is 0. The Bertz CT molecular complexity index is 2620. The van der Waals surface area contributed by atoms with Gasteiger partial charge in [0, 0.05) is 45.2 Å². The summed E-state index contributed by atoms with van der Waals surface area (Å²) in [5.41, 5.74) is 11.6. The molecule has 2 aromatic heterocycles. The summed E-state index contributed by atoms with van der Waals surface area (Å²) in [5, 5.41) is 4.82. The van der Waals surface area contributed by atoms with Gasteiger partial charge in [-0.3, -0.25) is 0 Å². The second-order valence-corrected chi connectivity index (χ2v) is 12.3. The molecule has 0 fully saturated rings. The maximum Gasteiger partial charge on any atom is 0.145 e. The topological polar surface area (TPSA) is 21.3 Å². The van der Waals surface area contributed by atoms with E-state index in [2.05, 4.69) is 155 Å². The third-order valence-electron chi connectivity index (χ3n) is 9.82. The molecule has 5 aromatic carbocycles. The first-order chi connectivity index (χ1) is 22.8. The molecule has 0 radical (unpaired) electrons. The largest absolute Gasteiger partial charge is 0.455 e. The third-order valence-corrected chi connectivity index (χ3v) is 9.82. The van der Waals surface area contributed by atoms with Crippen molar-refractivity contribution < 1.29 is 4.42 Å². The van der Waals surface area contributed by atoms with Gasteiger partial charge in [-0.05, 0) is 72.2 Å². The smallest absolute Gasteiger partial charge is 0.145 e. The molecule has 3 heterocycles. The zero-order valence-electron chi connectivity index (χ0n) is 25.0. The molecule has 0 spiro atoms. The first-order valence-corrected chi connectivity index (χ1v) is 15.9. The van der Waals surface area contributed by atoms with Gasteiger partial charge in [0.1, 0.15) is 11.0 Å². The Labute approximate surface area is 266 Å². The highest BCUT2D eigenvalue weighted by molar-refractivity contribution is 6.09. The van der Waals surface area contributed by atoms with Crippen LogP contribution in [-0.4, -0.2) is 4.57 Å². The maximum absolute atomic E-state index is 6.37. The summed E-state index contributed by atoms with van der Waals surface area (Å²) in [6.07, 6.45) is 7.59. The average Bonchev–Trinajstić information content (AvgIpc) is 3.71. The van der Waals surface area contributed by atoms with Crippen molar-refractivity contribution >= 4 is 50.2 Å². The van der Waals surface area contributed by atoms with Gasteiger partial charge in [-0.1, -0.05) is 96.8 Å². The van der Waals surface area contributed by atoms with Crippen LogP contribution in [0, 0.1) is 17.8 Å². The lowest BCUT2D eigenvalue weighted by atomic mass is 9.82. The van der Waals surface area contributed by atoms with Gasteiger partial charge in [-0.2, -0.15) is 0 Å². The fourth-order valence-corrected chi connectivity index (χ4v) is 7.82. The number of aromatic nitrogens is 1. The summed E-state index contributed by atoms with van der Waals surface area (Å²) in [6.45, 7) is 0. The van der Waals surface area contributed by atoms with E-state index in [0.29, 0.717) is 0 Å². The minimum absolute atomic E-state index is 0.0233. The van der Waals surface area contributed by atoms with E-state index in [0.717, 1.165) is 33.7 Å². The van der Waals surface area contributed by atoms with Crippen LogP contribution in [0.4, 0.5) is 5.69 Å². The molecule has 2 aliphatic carbocycles. The number of hydrogen-bond acceptors (Lipinski definition) is 2. The first-order valence-electron chi connectivity index (χ1n) is 15.9. The monoisotopic (exact) mass is 588 g/mol. The third kappa shape index (κ3) is 3.62. The molecule has 2 atom stereocenters. The standard InChI is InChI=1S/C43H28N2O/c1-3-12-30(13-4-1)44-37-19-9-7-16-32(37)35-26-28(22-24-38(35)44)29-23-25-39-36(27-29)33-18-11-21-41-42(34-17-8-10-20-40(34)46-41)43(33)45(39)31-14-5-2-6-15-31/h1-10,12-17,19-26,29,33H,27H2. The first kappa shape index (κ1) is 25.4. The van der Waals surface area contributed by atoms with E-state index in [1.54, 1.807) is 0 Å². The summed E-state index contributed by atoms with van der Waals surface area (Å²) in [5.74, 6) is 7.25. The molecule has 216 valence electrons. The van der Waals surface area contributed by atoms with Gasteiger partial charge in [-0.25, -0.2) is 0 Å². The molecular weight excluding hydrogens is 560 g/mol. The van der Waals surface area contributed by atoms with Crippen LogP contribution < -0.4 is 15.5 Å². The Morgan fingerprint density at radius 2 is 1.39 bits per heavy atom. The maximum atomic E-state index is 6.37. The zero-order chi connectivity index (χ0) is 30.2. The molecule has 1 aliphatic heterocycles. The van der Waals surface area contributed by atoms with Gasteiger partial charge in [0.2, 0.25) is 0 Å². The van der Waals surface area contributed by atoms with Crippen molar-refractivity contribution in [2.24, 2.45) is 5.92 Å². The summed E-state index contributed by atoms with van der Waals surface area (Å²) < 4.78 is 8.75. The lowest BCUT2D eigenvalue weighted by Gasteiger charge is -2.25. The average molecular weight is 589 g/mol. The number of nitrogens with zero attached hydrogens (tertiary/aromatic N) is 2. The molecule has 0 N–H and O–H groups in total. The SMILES string of the molecule is C1#CC2C3=C(C=CC(c4ccc5c(c4)c4ccccc4n5-c4ccccc4)C3)N(c3ccccc3)C2=c2c(oc3ccccc23)=C1. The van der Waals surface area contributed by atoms with Crippen molar-refractivity contribution in [2.75, 3.05) is 4.90 Å². The number of anilines is 1. The Hall–Kier alpha value is -5.98. The van der Waals surface area contributed by atoms with Gasteiger partial charge >= 0.3 is 0 Å². The number of benzene rings is 5. The normalized spacial score (nSPS) is 18.3. The highest BCUT2D eigenvalue weighted by Crippen LogP contribution is 2.48. The molecule has 0 saturated heterocycles. The van der Waals surface area contributed by atoms with E-state index in [1.165, 1.54) is 50.0 Å². The molecule has 3 aliphatic rings. The summed E-state index contributed by atoms with van der Waals surface area (Å²) in [4.78, 5) is 2.43. The second-order valence-electron chi connectivity index (χ2n) is 12.3. The molecule has 0 amide bonds. The van der Waals surface area contributed by atoms with E-state index >= 15 is 0 Å². The number of fused-ring (bicyclic) bond motifs is 8. The minimum Gasteiger partial charge on any atom is -0.455 e.